The van der Waals surface area contributed by atoms with Crippen molar-refractivity contribution < 1.29 is 0 Å². The second kappa shape index (κ2) is 3.73. The lowest BCUT2D eigenvalue weighted by Gasteiger charge is -1.89. The van der Waals surface area contributed by atoms with Crippen molar-refractivity contribution in [2.45, 2.75) is 20.3 Å². The van der Waals surface area contributed by atoms with E-state index in [9.17, 15) is 0 Å². The molecule has 8 heavy (non-hydrogen) atoms. The second-order valence-corrected chi connectivity index (χ2v) is 2.34. The zero-order valence-electron chi connectivity index (χ0n) is 5.37. The van der Waals surface area contributed by atoms with Crippen LogP contribution in [0.3, 0.4) is 0 Å². The zero-order valence-corrected chi connectivity index (χ0v) is 6.13. The Morgan fingerprint density at radius 1 is 1.75 bits per heavy atom. The summed E-state index contributed by atoms with van der Waals surface area (Å²) in [6.45, 7) is 7.66. The van der Waals surface area contributed by atoms with Gasteiger partial charge in [0.1, 0.15) is 0 Å². The molecule has 0 spiro atoms. The minimum atomic E-state index is 0.803. The van der Waals surface area contributed by atoms with Crippen molar-refractivity contribution in [3.8, 4) is 0 Å². The Balaban J connectivity index is 3.70. The number of allylic oxidation sites excluding steroid dienone is 3. The third-order valence-corrected chi connectivity index (χ3v) is 0.966. The molecule has 0 saturated carbocycles. The first-order valence-electron chi connectivity index (χ1n) is 2.68. The van der Waals surface area contributed by atoms with E-state index in [1.807, 2.05) is 13.0 Å². The molecule has 0 rings (SSSR count). The van der Waals surface area contributed by atoms with Crippen LogP contribution in [0.5, 0.6) is 0 Å². The Labute approximate surface area is 55.9 Å². The van der Waals surface area contributed by atoms with E-state index < -0.39 is 0 Å². The van der Waals surface area contributed by atoms with Gasteiger partial charge in [0.05, 0.1) is 0 Å². The molecular formula is C7H11Cl. The van der Waals surface area contributed by atoms with Gasteiger partial charge in [-0.1, -0.05) is 30.7 Å². The topological polar surface area (TPSA) is 0 Å². The van der Waals surface area contributed by atoms with Crippen LogP contribution >= 0.6 is 11.6 Å². The van der Waals surface area contributed by atoms with Gasteiger partial charge in [0.25, 0.3) is 0 Å². The van der Waals surface area contributed by atoms with E-state index in [0.29, 0.717) is 0 Å². The highest BCUT2D eigenvalue weighted by atomic mass is 35.5. The minimum absolute atomic E-state index is 0.803. The highest BCUT2D eigenvalue weighted by Gasteiger charge is 1.82. The van der Waals surface area contributed by atoms with E-state index in [1.165, 1.54) is 0 Å². The van der Waals surface area contributed by atoms with E-state index >= 15 is 0 Å². The molecule has 0 heterocycles. The number of hydrogen-bond acceptors (Lipinski definition) is 0. The predicted molar refractivity (Wildman–Crippen MR) is 39.0 cm³/mol. The van der Waals surface area contributed by atoms with E-state index in [0.717, 1.165) is 17.0 Å². The molecule has 0 aromatic carbocycles. The molecule has 0 radical (unpaired) electrons. The normalized spacial score (nSPS) is 11.6. The maximum absolute atomic E-state index is 5.55. The highest BCUT2D eigenvalue weighted by molar-refractivity contribution is 6.29. The lowest BCUT2D eigenvalue weighted by atomic mass is 10.2. The predicted octanol–water partition coefficient (Wildman–Crippen LogP) is 3.10. The molecule has 0 aromatic heterocycles. The van der Waals surface area contributed by atoms with Crippen molar-refractivity contribution in [2.75, 3.05) is 0 Å². The van der Waals surface area contributed by atoms with Gasteiger partial charge in [-0.15, -0.1) is 0 Å². The van der Waals surface area contributed by atoms with Crippen LogP contribution in [0, 0.1) is 0 Å². The standard InChI is InChI=1S/C7H11Cl/c1-4-6(2)5-7(3)8/h5H,2,4H2,1,3H3. The summed E-state index contributed by atoms with van der Waals surface area (Å²) < 4.78 is 0. The Morgan fingerprint density at radius 3 is 2.38 bits per heavy atom. The fourth-order valence-corrected chi connectivity index (χ4v) is 0.538. The fraction of sp³-hybridized carbons (Fsp3) is 0.429. The monoisotopic (exact) mass is 130 g/mol. The largest absolute Gasteiger partial charge is 0.0958 e. The molecular weight excluding hydrogens is 120 g/mol. The van der Waals surface area contributed by atoms with Crippen LogP contribution in [0.4, 0.5) is 0 Å². The first-order valence-corrected chi connectivity index (χ1v) is 3.06. The summed E-state index contributed by atoms with van der Waals surface area (Å²) >= 11 is 5.55. The van der Waals surface area contributed by atoms with Crippen molar-refractivity contribution in [2.24, 2.45) is 0 Å². The van der Waals surface area contributed by atoms with Gasteiger partial charge in [-0.05, 0) is 19.4 Å². The van der Waals surface area contributed by atoms with Crippen LogP contribution in [0.2, 0.25) is 0 Å². The summed E-state index contributed by atoms with van der Waals surface area (Å²) in [5, 5.41) is 0.803. The quantitative estimate of drug-likeness (QED) is 0.504. The third-order valence-electron chi connectivity index (χ3n) is 0.857. The number of rotatable bonds is 2. The number of halogens is 1. The van der Waals surface area contributed by atoms with Gasteiger partial charge in [-0.3, -0.25) is 0 Å². The molecule has 0 aliphatic carbocycles. The van der Waals surface area contributed by atoms with Crippen LogP contribution < -0.4 is 0 Å². The summed E-state index contributed by atoms with van der Waals surface area (Å²) in [4.78, 5) is 0. The average Bonchev–Trinajstić information content (AvgIpc) is 1.65. The zero-order chi connectivity index (χ0) is 6.57. The fourth-order valence-electron chi connectivity index (χ4n) is 0.383. The lowest BCUT2D eigenvalue weighted by molar-refractivity contribution is 1.16. The molecule has 0 fully saturated rings. The van der Waals surface area contributed by atoms with Gasteiger partial charge in [0.2, 0.25) is 0 Å². The molecule has 0 bridgehead atoms. The van der Waals surface area contributed by atoms with E-state index in [-0.39, 0.29) is 0 Å². The Kier molecular flexibility index (Phi) is 3.63. The molecule has 0 aliphatic rings. The van der Waals surface area contributed by atoms with Crippen molar-refractivity contribution >= 4 is 11.6 Å². The maximum Gasteiger partial charge on any atom is 0.0152 e. The number of hydrogen-bond donors (Lipinski definition) is 0. The van der Waals surface area contributed by atoms with Gasteiger partial charge in [-0.2, -0.15) is 0 Å². The molecule has 0 saturated heterocycles. The Morgan fingerprint density at radius 2 is 2.25 bits per heavy atom. The molecule has 0 N–H and O–H groups in total. The van der Waals surface area contributed by atoms with Crippen molar-refractivity contribution in [1.82, 2.24) is 0 Å². The molecule has 0 amide bonds. The van der Waals surface area contributed by atoms with E-state index in [4.69, 9.17) is 11.6 Å². The highest BCUT2D eigenvalue weighted by Crippen LogP contribution is 2.05. The molecule has 0 nitrogen and oxygen atoms in total. The smallest absolute Gasteiger partial charge is 0.0152 e. The Hall–Kier alpha value is -0.230. The summed E-state index contributed by atoms with van der Waals surface area (Å²) in [5.74, 6) is 0. The van der Waals surface area contributed by atoms with Crippen molar-refractivity contribution in [3.63, 3.8) is 0 Å². The summed E-state index contributed by atoms with van der Waals surface area (Å²) in [7, 11) is 0. The van der Waals surface area contributed by atoms with Crippen LogP contribution in [0.15, 0.2) is 23.3 Å². The minimum Gasteiger partial charge on any atom is -0.0958 e. The molecule has 0 aliphatic heterocycles. The summed E-state index contributed by atoms with van der Waals surface area (Å²) in [5.41, 5.74) is 1.08. The van der Waals surface area contributed by atoms with Gasteiger partial charge in [0.15, 0.2) is 0 Å². The lowest BCUT2D eigenvalue weighted by Crippen LogP contribution is -1.68. The Bertz CT molecular complexity index is 108. The van der Waals surface area contributed by atoms with Crippen molar-refractivity contribution in [1.29, 1.82) is 0 Å². The first kappa shape index (κ1) is 7.77. The SMILES string of the molecule is C=C(C=C(C)Cl)CC. The maximum atomic E-state index is 5.55. The molecule has 0 atom stereocenters. The van der Waals surface area contributed by atoms with Crippen LogP contribution in [0.1, 0.15) is 20.3 Å². The average molecular weight is 131 g/mol. The first-order chi connectivity index (χ1) is 3.66. The van der Waals surface area contributed by atoms with Crippen molar-refractivity contribution in [3.05, 3.63) is 23.3 Å². The summed E-state index contributed by atoms with van der Waals surface area (Å²) in [6, 6.07) is 0. The molecule has 0 unspecified atom stereocenters. The summed E-state index contributed by atoms with van der Waals surface area (Å²) in [6.07, 6.45) is 2.85. The van der Waals surface area contributed by atoms with E-state index in [1.54, 1.807) is 0 Å². The van der Waals surface area contributed by atoms with E-state index in [2.05, 4.69) is 13.5 Å². The van der Waals surface area contributed by atoms with Gasteiger partial charge >= 0.3 is 0 Å². The van der Waals surface area contributed by atoms with Gasteiger partial charge in [-0.25, -0.2) is 0 Å². The third kappa shape index (κ3) is 3.94. The van der Waals surface area contributed by atoms with Gasteiger partial charge < -0.3 is 0 Å². The van der Waals surface area contributed by atoms with Crippen LogP contribution in [-0.2, 0) is 0 Å². The molecule has 1 heteroatoms. The van der Waals surface area contributed by atoms with Gasteiger partial charge in [0, 0.05) is 5.03 Å². The van der Waals surface area contributed by atoms with Crippen LogP contribution in [-0.4, -0.2) is 0 Å². The second-order valence-electron chi connectivity index (χ2n) is 1.74. The molecule has 0 aromatic rings. The van der Waals surface area contributed by atoms with Crippen LogP contribution in [0.25, 0.3) is 0 Å². The molecule has 46 valence electrons.